The van der Waals surface area contributed by atoms with E-state index in [-0.39, 0.29) is 11.8 Å². The van der Waals surface area contributed by atoms with Crippen molar-refractivity contribution in [2.45, 2.75) is 46.0 Å². The highest BCUT2D eigenvalue weighted by Crippen LogP contribution is 2.24. The summed E-state index contributed by atoms with van der Waals surface area (Å²) in [6.07, 6.45) is 5.42. The van der Waals surface area contributed by atoms with E-state index in [0.717, 1.165) is 36.5 Å². The van der Waals surface area contributed by atoms with Gasteiger partial charge in [-0.2, -0.15) is 0 Å². The highest BCUT2D eigenvalue weighted by Gasteiger charge is 2.21. The third-order valence-electron chi connectivity index (χ3n) is 3.44. The van der Waals surface area contributed by atoms with Crippen LogP contribution in [0.5, 0.6) is 0 Å². The van der Waals surface area contributed by atoms with E-state index >= 15 is 0 Å². The Morgan fingerprint density at radius 3 is 2.71 bits per heavy atom. The molecule has 1 N–H and O–H groups in total. The van der Waals surface area contributed by atoms with Gasteiger partial charge in [-0.15, -0.1) is 11.3 Å². The highest BCUT2D eigenvalue weighted by molar-refractivity contribution is 7.11. The van der Waals surface area contributed by atoms with Gasteiger partial charge in [0.15, 0.2) is 0 Å². The number of nitrogens with one attached hydrogen (secondary N) is 1. The van der Waals surface area contributed by atoms with Gasteiger partial charge in [-0.3, -0.25) is 4.79 Å². The molecule has 1 saturated carbocycles. The number of thiazole rings is 1. The lowest BCUT2D eigenvalue weighted by atomic mass is 10.1. The minimum atomic E-state index is 0.243. The molecule has 2 rings (SSSR count). The zero-order valence-corrected chi connectivity index (χ0v) is 11.4. The molecule has 0 aromatic carbocycles. The first-order valence-corrected chi connectivity index (χ1v) is 7.19. The Balaban J connectivity index is 1.73. The summed E-state index contributed by atoms with van der Waals surface area (Å²) in [5.74, 6) is 0.516. The van der Waals surface area contributed by atoms with Crippen molar-refractivity contribution in [2.75, 3.05) is 6.54 Å². The number of hydrogen-bond donors (Lipinski definition) is 1. The van der Waals surface area contributed by atoms with Crippen molar-refractivity contribution in [3.05, 3.63) is 15.6 Å². The van der Waals surface area contributed by atoms with E-state index in [1.54, 1.807) is 11.3 Å². The van der Waals surface area contributed by atoms with Gasteiger partial charge in [0.2, 0.25) is 5.91 Å². The number of aryl methyl sites for hydroxylation is 2. The molecule has 1 aliphatic carbocycles. The molecule has 0 radical (unpaired) electrons. The second-order valence-corrected chi connectivity index (χ2v) is 6.06. The Morgan fingerprint density at radius 1 is 1.41 bits per heavy atom. The van der Waals surface area contributed by atoms with Gasteiger partial charge >= 0.3 is 0 Å². The molecule has 94 valence electrons. The molecule has 0 unspecified atom stereocenters. The maximum absolute atomic E-state index is 11.8. The standard InChI is InChI=1S/C13H20N2OS/c1-9-10(2)17-12(15-9)7-8-14-13(16)11-5-3-4-6-11/h11H,3-8H2,1-2H3,(H,14,16). The summed E-state index contributed by atoms with van der Waals surface area (Å²) in [4.78, 5) is 17.5. The summed E-state index contributed by atoms with van der Waals surface area (Å²) in [5, 5.41) is 4.16. The van der Waals surface area contributed by atoms with Crippen LogP contribution < -0.4 is 5.32 Å². The minimum Gasteiger partial charge on any atom is -0.355 e. The maximum Gasteiger partial charge on any atom is 0.223 e. The summed E-state index contributed by atoms with van der Waals surface area (Å²) in [6.45, 7) is 4.85. The first kappa shape index (κ1) is 12.6. The van der Waals surface area contributed by atoms with Crippen LogP contribution in [0.3, 0.4) is 0 Å². The van der Waals surface area contributed by atoms with Crippen LogP contribution in [-0.4, -0.2) is 17.4 Å². The molecule has 0 spiro atoms. The van der Waals surface area contributed by atoms with Gasteiger partial charge in [0.25, 0.3) is 0 Å². The number of nitrogens with zero attached hydrogens (tertiary/aromatic N) is 1. The van der Waals surface area contributed by atoms with Crippen LogP contribution in [0.4, 0.5) is 0 Å². The predicted octanol–water partition coefficient (Wildman–Crippen LogP) is 2.61. The molecule has 1 aliphatic rings. The van der Waals surface area contributed by atoms with Crippen molar-refractivity contribution in [3.63, 3.8) is 0 Å². The normalized spacial score (nSPS) is 16.4. The van der Waals surface area contributed by atoms with Crippen LogP contribution in [0.25, 0.3) is 0 Å². The molecular weight excluding hydrogens is 232 g/mol. The summed E-state index contributed by atoms with van der Waals surface area (Å²) >= 11 is 1.74. The molecule has 4 heteroatoms. The SMILES string of the molecule is Cc1nc(CCNC(=O)C2CCCC2)sc1C. The fourth-order valence-electron chi connectivity index (χ4n) is 2.27. The first-order valence-electron chi connectivity index (χ1n) is 6.37. The Labute approximate surface area is 107 Å². The average molecular weight is 252 g/mol. The molecule has 0 aliphatic heterocycles. The van der Waals surface area contributed by atoms with Crippen LogP contribution in [0.2, 0.25) is 0 Å². The van der Waals surface area contributed by atoms with Gasteiger partial charge in [0.1, 0.15) is 0 Å². The number of rotatable bonds is 4. The van der Waals surface area contributed by atoms with E-state index in [9.17, 15) is 4.79 Å². The lowest BCUT2D eigenvalue weighted by molar-refractivity contribution is -0.124. The molecule has 1 amide bonds. The van der Waals surface area contributed by atoms with Crippen LogP contribution in [-0.2, 0) is 11.2 Å². The molecule has 1 aromatic rings. The zero-order valence-electron chi connectivity index (χ0n) is 10.6. The van der Waals surface area contributed by atoms with E-state index in [1.165, 1.54) is 17.7 Å². The second-order valence-electron chi connectivity index (χ2n) is 4.77. The van der Waals surface area contributed by atoms with Crippen molar-refractivity contribution < 1.29 is 4.79 Å². The van der Waals surface area contributed by atoms with Crippen molar-refractivity contribution in [1.82, 2.24) is 10.3 Å². The van der Waals surface area contributed by atoms with Gasteiger partial charge in [-0.1, -0.05) is 12.8 Å². The van der Waals surface area contributed by atoms with Gasteiger partial charge in [0.05, 0.1) is 10.7 Å². The molecule has 1 aromatic heterocycles. The molecule has 17 heavy (non-hydrogen) atoms. The van der Waals surface area contributed by atoms with Gasteiger partial charge in [0, 0.05) is 23.8 Å². The van der Waals surface area contributed by atoms with E-state index in [2.05, 4.69) is 17.2 Å². The molecule has 3 nitrogen and oxygen atoms in total. The van der Waals surface area contributed by atoms with Gasteiger partial charge < -0.3 is 5.32 Å². The Hall–Kier alpha value is -0.900. The van der Waals surface area contributed by atoms with E-state index < -0.39 is 0 Å². The maximum atomic E-state index is 11.8. The summed E-state index contributed by atoms with van der Waals surface area (Å²) in [5.41, 5.74) is 1.12. The lowest BCUT2D eigenvalue weighted by Crippen LogP contribution is -2.30. The van der Waals surface area contributed by atoms with Crippen molar-refractivity contribution in [2.24, 2.45) is 5.92 Å². The highest BCUT2D eigenvalue weighted by atomic mass is 32.1. The largest absolute Gasteiger partial charge is 0.355 e. The Kier molecular flexibility index (Phi) is 4.15. The third kappa shape index (κ3) is 3.28. The Morgan fingerprint density at radius 2 is 2.12 bits per heavy atom. The van der Waals surface area contributed by atoms with Crippen molar-refractivity contribution in [1.29, 1.82) is 0 Å². The fraction of sp³-hybridized carbons (Fsp3) is 0.692. The van der Waals surface area contributed by atoms with Crippen LogP contribution in [0.15, 0.2) is 0 Å². The van der Waals surface area contributed by atoms with E-state index in [0.29, 0.717) is 0 Å². The fourth-order valence-corrected chi connectivity index (χ4v) is 3.20. The van der Waals surface area contributed by atoms with Crippen LogP contribution in [0.1, 0.15) is 41.3 Å². The second kappa shape index (κ2) is 5.63. The summed E-state index contributed by atoms with van der Waals surface area (Å²) in [6, 6.07) is 0. The zero-order chi connectivity index (χ0) is 12.3. The first-order chi connectivity index (χ1) is 8.16. The van der Waals surface area contributed by atoms with Gasteiger partial charge in [-0.25, -0.2) is 4.98 Å². The minimum absolute atomic E-state index is 0.243. The summed E-state index contributed by atoms with van der Waals surface area (Å²) < 4.78 is 0. The number of carbonyl (C=O) groups is 1. The van der Waals surface area contributed by atoms with Crippen LogP contribution in [0, 0.1) is 19.8 Å². The van der Waals surface area contributed by atoms with Crippen molar-refractivity contribution in [3.8, 4) is 0 Å². The number of aromatic nitrogens is 1. The van der Waals surface area contributed by atoms with E-state index in [1.807, 2.05) is 6.92 Å². The number of hydrogen-bond acceptors (Lipinski definition) is 3. The lowest BCUT2D eigenvalue weighted by Gasteiger charge is -2.09. The average Bonchev–Trinajstić information content (AvgIpc) is 2.90. The van der Waals surface area contributed by atoms with Crippen molar-refractivity contribution >= 4 is 17.2 Å². The van der Waals surface area contributed by atoms with Gasteiger partial charge in [-0.05, 0) is 26.7 Å². The number of carbonyl (C=O) groups excluding carboxylic acids is 1. The molecular formula is C13H20N2OS. The molecule has 1 heterocycles. The topological polar surface area (TPSA) is 42.0 Å². The molecule has 0 atom stereocenters. The number of amides is 1. The quantitative estimate of drug-likeness (QED) is 0.895. The summed E-state index contributed by atoms with van der Waals surface area (Å²) in [7, 11) is 0. The third-order valence-corrected chi connectivity index (χ3v) is 4.57. The molecule has 0 bridgehead atoms. The monoisotopic (exact) mass is 252 g/mol. The van der Waals surface area contributed by atoms with Crippen LogP contribution >= 0.6 is 11.3 Å². The molecule has 1 fully saturated rings. The Bertz CT molecular complexity index is 375. The van der Waals surface area contributed by atoms with E-state index in [4.69, 9.17) is 0 Å². The molecule has 0 saturated heterocycles. The smallest absolute Gasteiger partial charge is 0.223 e. The predicted molar refractivity (Wildman–Crippen MR) is 70.3 cm³/mol.